The predicted molar refractivity (Wildman–Crippen MR) is 105 cm³/mol. The normalized spacial score (nSPS) is 10.3. The number of amides is 1. The Morgan fingerprint density at radius 3 is 2.59 bits per heavy atom. The molecular weight excluding hydrogens is 342 g/mol. The van der Waals surface area contributed by atoms with Crippen LogP contribution < -0.4 is 15.4 Å². The number of aliphatic hydroxyl groups is 1. The molecule has 0 atom stereocenters. The Balaban J connectivity index is 1.79. The number of pyridine rings is 1. The van der Waals surface area contributed by atoms with Crippen molar-refractivity contribution in [3.63, 3.8) is 0 Å². The molecule has 0 radical (unpaired) electrons. The number of hydrogen-bond acceptors (Lipinski definition) is 5. The maximum absolute atomic E-state index is 12.1. The first-order valence-corrected chi connectivity index (χ1v) is 8.55. The number of rotatable bonds is 7. The average molecular weight is 363 g/mol. The zero-order valence-electron chi connectivity index (χ0n) is 15.0. The fourth-order valence-electron chi connectivity index (χ4n) is 2.62. The van der Waals surface area contributed by atoms with Gasteiger partial charge in [0.1, 0.15) is 5.75 Å². The molecule has 1 heterocycles. The van der Waals surface area contributed by atoms with Crippen molar-refractivity contribution in [3.05, 3.63) is 72.6 Å². The maximum atomic E-state index is 12.1. The Hall–Kier alpha value is -3.38. The van der Waals surface area contributed by atoms with Crippen molar-refractivity contribution in [2.24, 2.45) is 0 Å². The lowest BCUT2D eigenvalue weighted by Gasteiger charge is -2.10. The number of aliphatic hydroxyl groups excluding tert-OH is 1. The van der Waals surface area contributed by atoms with Crippen molar-refractivity contribution in [1.82, 2.24) is 10.3 Å². The van der Waals surface area contributed by atoms with Crippen LogP contribution in [-0.2, 0) is 0 Å². The van der Waals surface area contributed by atoms with Crippen LogP contribution >= 0.6 is 0 Å². The third-order valence-electron chi connectivity index (χ3n) is 3.97. The van der Waals surface area contributed by atoms with E-state index in [1.165, 1.54) is 0 Å². The highest BCUT2D eigenvalue weighted by atomic mass is 16.5. The molecule has 0 aliphatic heterocycles. The maximum Gasteiger partial charge on any atom is 0.251 e. The highest BCUT2D eigenvalue weighted by molar-refractivity contribution is 5.95. The number of carbonyl (C=O) groups excluding carboxylic acids is 1. The molecule has 0 fully saturated rings. The third-order valence-corrected chi connectivity index (χ3v) is 3.97. The summed E-state index contributed by atoms with van der Waals surface area (Å²) in [7, 11) is 1.63. The van der Waals surface area contributed by atoms with Crippen LogP contribution in [0, 0.1) is 0 Å². The Kier molecular flexibility index (Phi) is 6.02. The molecule has 0 unspecified atom stereocenters. The molecule has 6 heteroatoms. The topological polar surface area (TPSA) is 83.5 Å². The predicted octanol–water partition coefficient (Wildman–Crippen LogP) is 3.22. The van der Waals surface area contributed by atoms with Gasteiger partial charge in [-0.2, -0.15) is 0 Å². The van der Waals surface area contributed by atoms with E-state index >= 15 is 0 Å². The van der Waals surface area contributed by atoms with Gasteiger partial charge in [-0.1, -0.05) is 12.1 Å². The van der Waals surface area contributed by atoms with Gasteiger partial charge in [-0.05, 0) is 48.0 Å². The number of benzene rings is 2. The van der Waals surface area contributed by atoms with Gasteiger partial charge in [0.2, 0.25) is 0 Å². The third kappa shape index (κ3) is 4.83. The summed E-state index contributed by atoms with van der Waals surface area (Å²) in [5.74, 6) is 0.579. The Bertz CT molecular complexity index is 911. The number of nitrogens with zero attached hydrogens (tertiary/aromatic N) is 1. The first-order chi connectivity index (χ1) is 13.2. The molecule has 3 N–H and O–H groups in total. The second kappa shape index (κ2) is 8.82. The van der Waals surface area contributed by atoms with Gasteiger partial charge in [0, 0.05) is 29.6 Å². The molecule has 0 bridgehead atoms. The molecule has 0 aliphatic rings. The zero-order chi connectivity index (χ0) is 19.1. The molecule has 0 saturated carbocycles. The van der Waals surface area contributed by atoms with Crippen molar-refractivity contribution in [2.45, 2.75) is 0 Å². The van der Waals surface area contributed by atoms with Gasteiger partial charge in [-0.15, -0.1) is 0 Å². The van der Waals surface area contributed by atoms with E-state index < -0.39 is 0 Å². The van der Waals surface area contributed by atoms with Gasteiger partial charge in [0.25, 0.3) is 5.91 Å². The first kappa shape index (κ1) is 18.4. The van der Waals surface area contributed by atoms with Crippen molar-refractivity contribution in [1.29, 1.82) is 0 Å². The lowest BCUT2D eigenvalue weighted by molar-refractivity contribution is 0.0945. The van der Waals surface area contributed by atoms with Crippen LogP contribution in [0.15, 0.2) is 67.0 Å². The number of nitrogens with one attached hydrogen (secondary N) is 2. The van der Waals surface area contributed by atoms with Gasteiger partial charge in [0.05, 0.1) is 25.6 Å². The molecule has 0 saturated heterocycles. The van der Waals surface area contributed by atoms with Gasteiger partial charge >= 0.3 is 0 Å². The number of ether oxygens (including phenoxy) is 1. The van der Waals surface area contributed by atoms with E-state index in [9.17, 15) is 4.79 Å². The molecule has 1 amide bonds. The van der Waals surface area contributed by atoms with Crippen molar-refractivity contribution in [2.75, 3.05) is 25.6 Å². The van der Waals surface area contributed by atoms with Crippen molar-refractivity contribution in [3.8, 4) is 16.9 Å². The molecule has 3 rings (SSSR count). The monoisotopic (exact) mass is 363 g/mol. The fraction of sp³-hybridized carbons (Fsp3) is 0.143. The minimum Gasteiger partial charge on any atom is -0.497 e. The summed E-state index contributed by atoms with van der Waals surface area (Å²) in [5, 5.41) is 14.8. The zero-order valence-corrected chi connectivity index (χ0v) is 15.0. The van der Waals surface area contributed by atoms with E-state index in [1.54, 1.807) is 31.6 Å². The molecule has 138 valence electrons. The summed E-state index contributed by atoms with van der Waals surface area (Å²) in [6.45, 7) is 0.139. The summed E-state index contributed by atoms with van der Waals surface area (Å²) in [5.41, 5.74) is 4.08. The Morgan fingerprint density at radius 1 is 1.04 bits per heavy atom. The quantitative estimate of drug-likeness (QED) is 0.600. The van der Waals surface area contributed by atoms with E-state index in [4.69, 9.17) is 9.84 Å². The number of anilines is 2. The largest absolute Gasteiger partial charge is 0.497 e. The van der Waals surface area contributed by atoms with Crippen LogP contribution in [0.25, 0.3) is 11.1 Å². The summed E-state index contributed by atoms with van der Waals surface area (Å²) < 4.78 is 5.16. The van der Waals surface area contributed by atoms with Gasteiger partial charge in [-0.25, -0.2) is 0 Å². The molecular formula is C21H21N3O3. The van der Waals surface area contributed by atoms with Crippen molar-refractivity contribution >= 4 is 17.3 Å². The lowest BCUT2D eigenvalue weighted by Crippen LogP contribution is -2.26. The van der Waals surface area contributed by atoms with E-state index in [-0.39, 0.29) is 19.1 Å². The van der Waals surface area contributed by atoms with Gasteiger partial charge < -0.3 is 20.5 Å². The standard InChI is InChI=1S/C21H21N3O3/c1-27-20-7-5-18(6-8-20)24-19-12-17(13-22-14-19)15-3-2-4-16(11-15)21(26)23-9-10-25/h2-8,11-14,24-25H,9-10H2,1H3,(H,23,26). The second-order valence-corrected chi connectivity index (χ2v) is 5.88. The van der Waals surface area contributed by atoms with Crippen LogP contribution in [0.2, 0.25) is 0 Å². The Morgan fingerprint density at radius 2 is 1.85 bits per heavy atom. The fourth-order valence-corrected chi connectivity index (χ4v) is 2.62. The van der Waals surface area contributed by atoms with Crippen LogP contribution in [0.5, 0.6) is 5.75 Å². The average Bonchev–Trinajstić information content (AvgIpc) is 2.73. The van der Waals surface area contributed by atoms with Crippen LogP contribution in [0.4, 0.5) is 11.4 Å². The number of hydrogen-bond donors (Lipinski definition) is 3. The summed E-state index contributed by atoms with van der Waals surface area (Å²) >= 11 is 0. The van der Waals surface area contributed by atoms with Crippen molar-refractivity contribution < 1.29 is 14.6 Å². The second-order valence-electron chi connectivity index (χ2n) is 5.88. The highest BCUT2D eigenvalue weighted by Gasteiger charge is 2.07. The van der Waals surface area contributed by atoms with Crippen LogP contribution in [0.3, 0.4) is 0 Å². The van der Waals surface area contributed by atoms with Gasteiger partial charge in [0.15, 0.2) is 0 Å². The lowest BCUT2D eigenvalue weighted by atomic mass is 10.0. The summed E-state index contributed by atoms with van der Waals surface area (Å²) in [6.07, 6.45) is 3.50. The summed E-state index contributed by atoms with van der Waals surface area (Å²) in [6, 6.07) is 16.9. The SMILES string of the molecule is COc1ccc(Nc2cncc(-c3cccc(C(=O)NCCO)c3)c2)cc1. The molecule has 27 heavy (non-hydrogen) atoms. The number of aromatic nitrogens is 1. The first-order valence-electron chi connectivity index (χ1n) is 8.55. The van der Waals surface area contributed by atoms with Gasteiger partial charge in [-0.3, -0.25) is 9.78 Å². The smallest absolute Gasteiger partial charge is 0.251 e. The summed E-state index contributed by atoms with van der Waals surface area (Å²) in [4.78, 5) is 16.4. The Labute approximate surface area is 157 Å². The molecule has 6 nitrogen and oxygen atoms in total. The molecule has 0 spiro atoms. The van der Waals surface area contributed by atoms with Crippen LogP contribution in [-0.4, -0.2) is 36.3 Å². The number of carbonyl (C=O) groups is 1. The van der Waals surface area contributed by atoms with E-state index in [0.717, 1.165) is 28.3 Å². The van der Waals surface area contributed by atoms with E-state index in [1.807, 2.05) is 42.5 Å². The van der Waals surface area contributed by atoms with E-state index in [0.29, 0.717) is 5.56 Å². The molecule has 1 aromatic heterocycles. The molecule has 0 aliphatic carbocycles. The van der Waals surface area contributed by atoms with E-state index in [2.05, 4.69) is 15.6 Å². The minimum atomic E-state index is -0.216. The minimum absolute atomic E-state index is 0.0889. The highest BCUT2D eigenvalue weighted by Crippen LogP contribution is 2.25. The molecule has 2 aromatic carbocycles. The van der Waals surface area contributed by atoms with Crippen LogP contribution in [0.1, 0.15) is 10.4 Å². The number of methoxy groups -OCH3 is 1. The molecule has 3 aromatic rings.